The van der Waals surface area contributed by atoms with Gasteiger partial charge in [0.05, 0.1) is 13.3 Å². The summed E-state index contributed by atoms with van der Waals surface area (Å²) >= 11 is 0. The maximum absolute atomic E-state index is 7.26. The standard InChI is InChI=1S/2C6H12N2.C2N2.CBN.CH4.2ClH.2K.H2O/c2*1-3-8-5-4-7(2)6-8;3-1-2-4;2-1-3;;;;;;/h2*4-5H,3,6H2,1-2H3;;;1H4;2*1H;;;1H2/q;;;-1;;;;2*+1;/p-2. The summed E-state index contributed by atoms with van der Waals surface area (Å²) in [5, 5.41) is 21.6. The number of hydrogen-bond acceptors (Lipinski definition) is 7. The predicted octanol–water partition coefficient (Wildman–Crippen LogP) is -11.1. The van der Waals surface area contributed by atoms with Crippen molar-refractivity contribution in [2.75, 3.05) is 40.5 Å². The molecular formula is C16H30BCl2K2N7O-. The molecule has 0 aromatic heterocycles. The van der Waals surface area contributed by atoms with Crippen molar-refractivity contribution in [3.8, 4) is 18.1 Å². The first-order chi connectivity index (χ1) is 11.0. The summed E-state index contributed by atoms with van der Waals surface area (Å²) in [6.45, 7) is 8.64. The number of halogens is 2. The van der Waals surface area contributed by atoms with Crippen molar-refractivity contribution in [2.45, 2.75) is 21.3 Å². The molecule has 0 atom stereocenters. The van der Waals surface area contributed by atoms with Gasteiger partial charge in [-0.15, -0.1) is 0 Å². The Kier molecular flexibility index (Phi) is 71.0. The molecule has 3 radical (unpaired) electrons. The number of rotatable bonds is 2. The molecule has 155 valence electrons. The third-order valence-electron chi connectivity index (χ3n) is 2.74. The van der Waals surface area contributed by atoms with Crippen LogP contribution in [0.15, 0.2) is 24.8 Å². The average molecular weight is 496 g/mol. The van der Waals surface area contributed by atoms with Crippen molar-refractivity contribution < 1.29 is 133 Å². The van der Waals surface area contributed by atoms with Gasteiger partial charge in [0.1, 0.15) is 0 Å². The van der Waals surface area contributed by atoms with Crippen LogP contribution in [0.2, 0.25) is 0 Å². The van der Waals surface area contributed by atoms with E-state index in [0.717, 1.165) is 26.4 Å². The molecule has 0 saturated carbocycles. The number of nitrogens with zero attached hydrogens (tertiary/aromatic N) is 7. The molecule has 0 aliphatic carbocycles. The Morgan fingerprint density at radius 1 is 0.793 bits per heavy atom. The van der Waals surface area contributed by atoms with E-state index in [1.54, 1.807) is 0 Å². The first-order valence-electron chi connectivity index (χ1n) is 7.11. The minimum Gasteiger partial charge on any atom is -1.00 e. The van der Waals surface area contributed by atoms with Crippen molar-refractivity contribution in [2.24, 2.45) is 0 Å². The van der Waals surface area contributed by atoms with E-state index in [0.29, 0.717) is 0 Å². The number of nitriles is 3. The van der Waals surface area contributed by atoms with E-state index >= 15 is 0 Å². The van der Waals surface area contributed by atoms with E-state index < -0.39 is 0 Å². The molecule has 8 nitrogen and oxygen atoms in total. The minimum absolute atomic E-state index is 0. The molecule has 2 aliphatic rings. The normalized spacial score (nSPS) is 10.7. The molecule has 0 unspecified atom stereocenters. The van der Waals surface area contributed by atoms with Gasteiger partial charge in [-0.2, -0.15) is 10.5 Å². The Morgan fingerprint density at radius 3 is 1.10 bits per heavy atom. The summed E-state index contributed by atoms with van der Waals surface area (Å²) in [5.74, 6) is 1.25. The fraction of sp³-hybridized carbons (Fsp3) is 0.562. The van der Waals surface area contributed by atoms with Crippen LogP contribution in [-0.2, 0) is 0 Å². The molecule has 0 fully saturated rings. The smallest absolute Gasteiger partial charge is 1.00 e. The third kappa shape index (κ3) is 36.7. The minimum atomic E-state index is 0. The van der Waals surface area contributed by atoms with Crippen LogP contribution < -0.4 is 128 Å². The van der Waals surface area contributed by atoms with Crippen molar-refractivity contribution in [1.82, 2.24) is 19.6 Å². The van der Waals surface area contributed by atoms with E-state index in [9.17, 15) is 0 Å². The number of hydrogen-bond donors (Lipinski definition) is 0. The van der Waals surface area contributed by atoms with Gasteiger partial charge in [0.15, 0.2) is 12.1 Å². The van der Waals surface area contributed by atoms with Gasteiger partial charge in [-0.25, -0.2) is 0 Å². The Hall–Kier alpha value is 1.03. The second kappa shape index (κ2) is 39.5. The van der Waals surface area contributed by atoms with Crippen molar-refractivity contribution in [3.63, 3.8) is 0 Å². The quantitative estimate of drug-likeness (QED) is 0.349. The van der Waals surface area contributed by atoms with Gasteiger partial charge < -0.3 is 57.7 Å². The van der Waals surface area contributed by atoms with Crippen LogP contribution in [0.1, 0.15) is 21.3 Å². The molecule has 0 aromatic rings. The van der Waals surface area contributed by atoms with Crippen molar-refractivity contribution >= 4 is 7.85 Å². The molecule has 0 spiro atoms. The molecule has 2 N–H and O–H groups in total. The predicted molar refractivity (Wildman–Crippen MR) is 101 cm³/mol. The van der Waals surface area contributed by atoms with Crippen LogP contribution >= 0.6 is 0 Å². The van der Waals surface area contributed by atoms with Gasteiger partial charge in [-0.1, -0.05) is 7.43 Å². The van der Waals surface area contributed by atoms with Gasteiger partial charge >= 0.3 is 103 Å². The largest absolute Gasteiger partial charge is 1.00 e. The molecule has 2 aliphatic heterocycles. The van der Waals surface area contributed by atoms with Crippen LogP contribution in [0.4, 0.5) is 0 Å². The average Bonchev–Trinajstić information content (AvgIpc) is 3.17. The van der Waals surface area contributed by atoms with Crippen LogP contribution in [0.3, 0.4) is 0 Å². The zero-order valence-corrected chi connectivity index (χ0v) is 25.4. The van der Waals surface area contributed by atoms with Crippen LogP contribution in [-0.4, -0.2) is 73.4 Å². The second-order valence-corrected chi connectivity index (χ2v) is 4.56. The van der Waals surface area contributed by atoms with Gasteiger partial charge in [-0.3, -0.25) is 11.2 Å². The Labute approximate surface area is 276 Å². The summed E-state index contributed by atoms with van der Waals surface area (Å²) in [5.41, 5.74) is 0. The van der Waals surface area contributed by atoms with E-state index in [1.807, 2.05) is 0 Å². The molecule has 2 heterocycles. The first kappa shape index (κ1) is 52.1. The monoisotopic (exact) mass is 495 g/mol. The summed E-state index contributed by atoms with van der Waals surface area (Å²) in [7, 11) is 8.30. The molecule has 0 amide bonds. The zero-order chi connectivity index (χ0) is 18.1. The maximum atomic E-state index is 7.26. The van der Waals surface area contributed by atoms with Gasteiger partial charge in [-0.05, 0) is 13.8 Å². The summed E-state index contributed by atoms with van der Waals surface area (Å²) in [6, 6.07) is 2.47. The van der Waals surface area contributed by atoms with E-state index in [2.05, 4.69) is 80.2 Å². The van der Waals surface area contributed by atoms with E-state index in [-0.39, 0.29) is 140 Å². The molecule has 0 saturated heterocycles. The summed E-state index contributed by atoms with van der Waals surface area (Å²) in [4.78, 5) is 8.81. The summed E-state index contributed by atoms with van der Waals surface area (Å²) in [6.07, 6.45) is 8.40. The van der Waals surface area contributed by atoms with Crippen molar-refractivity contribution in [3.05, 3.63) is 24.8 Å². The SMILES string of the molecule is C.CCN1C=CN(C)C1.CCN1C=CN(C)C1.N#CC#N.O.[B-]C#N.[Cl-].[Cl-].[K+].[K+]. The third-order valence-corrected chi connectivity index (χ3v) is 2.74. The van der Waals surface area contributed by atoms with Crippen LogP contribution in [0, 0.1) is 33.9 Å². The molecule has 2 rings (SSSR count). The molecular weight excluding hydrogens is 466 g/mol. The fourth-order valence-corrected chi connectivity index (χ4v) is 1.59. The van der Waals surface area contributed by atoms with Crippen LogP contribution in [0.5, 0.6) is 0 Å². The molecule has 13 heteroatoms. The molecule has 29 heavy (non-hydrogen) atoms. The fourth-order valence-electron chi connectivity index (χ4n) is 1.59. The van der Waals surface area contributed by atoms with Gasteiger partial charge in [0.25, 0.3) is 0 Å². The second-order valence-electron chi connectivity index (χ2n) is 4.56. The van der Waals surface area contributed by atoms with Crippen LogP contribution in [0.25, 0.3) is 0 Å². The maximum Gasteiger partial charge on any atom is 1.00 e. The Morgan fingerprint density at radius 2 is 1.03 bits per heavy atom. The van der Waals surface area contributed by atoms with Crippen molar-refractivity contribution in [1.29, 1.82) is 15.8 Å². The first-order valence-corrected chi connectivity index (χ1v) is 7.11. The van der Waals surface area contributed by atoms with Gasteiger partial charge in [0, 0.05) is 52.0 Å². The van der Waals surface area contributed by atoms with Gasteiger partial charge in [0.2, 0.25) is 0 Å². The van der Waals surface area contributed by atoms with E-state index in [4.69, 9.17) is 15.8 Å². The summed E-state index contributed by atoms with van der Waals surface area (Å²) < 4.78 is 0. The van der Waals surface area contributed by atoms with E-state index in [1.165, 1.54) is 18.1 Å². The topological polar surface area (TPSA) is 116 Å². The molecule has 0 bridgehead atoms. The zero-order valence-electron chi connectivity index (χ0n) is 17.6. The Balaban J connectivity index is -0.0000000336. The molecule has 0 aromatic carbocycles. The Bertz CT molecular complexity index is 459.